The Kier molecular flexibility index (Phi) is 4.17. The normalized spacial score (nSPS) is 17.3. The molecule has 3 heterocycles. The number of benzene rings is 2. The maximum absolute atomic E-state index is 12.5. The van der Waals surface area contributed by atoms with E-state index in [2.05, 4.69) is 39.8 Å². The first kappa shape index (κ1) is 17.6. The Balaban J connectivity index is 1.60. The summed E-state index contributed by atoms with van der Waals surface area (Å²) in [6, 6.07) is 16.4. The Morgan fingerprint density at radius 2 is 1.93 bits per heavy atom. The number of para-hydroxylation sites is 1. The summed E-state index contributed by atoms with van der Waals surface area (Å²) in [4.78, 5) is 16.6. The number of carbonyl (C=O) groups excluding carboxylic acids is 1. The van der Waals surface area contributed by atoms with E-state index in [1.54, 1.807) is 11.6 Å². The molecular formula is C22H17N5OS. The van der Waals surface area contributed by atoms with Crippen LogP contribution in [0, 0.1) is 12.3 Å². The zero-order valence-electron chi connectivity index (χ0n) is 15.7. The lowest BCUT2D eigenvalue weighted by atomic mass is 10.1. The third-order valence-corrected chi connectivity index (χ3v) is 5.79. The molecule has 29 heavy (non-hydrogen) atoms. The minimum absolute atomic E-state index is 0.0528. The number of amidine groups is 2. The Labute approximate surface area is 171 Å². The minimum atomic E-state index is -0.407. The number of aromatic nitrogens is 1. The van der Waals surface area contributed by atoms with Gasteiger partial charge in [0.05, 0.1) is 11.1 Å². The summed E-state index contributed by atoms with van der Waals surface area (Å²) in [5, 5.41) is 15.4. The molecule has 0 aliphatic carbocycles. The van der Waals surface area contributed by atoms with E-state index >= 15 is 0 Å². The van der Waals surface area contributed by atoms with Crippen molar-refractivity contribution in [1.29, 1.82) is 5.41 Å². The van der Waals surface area contributed by atoms with Crippen molar-refractivity contribution in [3.05, 3.63) is 77.0 Å². The number of nitrogens with one attached hydrogen (secondary N) is 1. The van der Waals surface area contributed by atoms with Crippen molar-refractivity contribution < 1.29 is 4.79 Å². The molecule has 6 nitrogen and oxygen atoms in total. The Bertz CT molecular complexity index is 1270. The first-order valence-electron chi connectivity index (χ1n) is 9.17. The molecule has 0 atom stereocenters. The number of carbonyl (C=O) groups is 1. The topological polar surface area (TPSA) is 73.8 Å². The fourth-order valence-corrected chi connectivity index (χ4v) is 4.19. The molecule has 2 aliphatic rings. The lowest BCUT2D eigenvalue weighted by Crippen LogP contribution is -2.35. The SMILES string of the molecule is Cc1ccccc1Cn1cc(/C=C2/C(=N)N3N=CSC3=NC2=O)c2ccccc21. The van der Waals surface area contributed by atoms with Crippen LogP contribution in [0.15, 0.2) is 70.4 Å². The average Bonchev–Trinajstić information content (AvgIpc) is 3.32. The number of nitrogens with zero attached hydrogens (tertiary/aromatic N) is 4. The van der Waals surface area contributed by atoms with Gasteiger partial charge in [-0.15, -0.1) is 0 Å². The molecule has 2 aliphatic heterocycles. The Morgan fingerprint density at radius 1 is 1.14 bits per heavy atom. The standard InChI is InChI=1S/C22H17N5OS/c1-14-6-2-3-7-15(14)11-26-12-16(17-8-4-5-9-19(17)26)10-18-20(23)27-22(25-21(18)28)29-13-24-27/h2-10,12-13,23H,11H2,1H3/b18-10-,23-20?. The van der Waals surface area contributed by atoms with Crippen LogP contribution in [0.3, 0.4) is 0 Å². The highest BCUT2D eigenvalue weighted by Gasteiger charge is 2.32. The average molecular weight is 399 g/mol. The predicted octanol–water partition coefficient (Wildman–Crippen LogP) is 4.25. The fourth-order valence-electron chi connectivity index (χ4n) is 3.58. The fraction of sp³-hybridized carbons (Fsp3) is 0.0909. The van der Waals surface area contributed by atoms with Crippen LogP contribution in [0.4, 0.5) is 0 Å². The number of aryl methyl sites for hydroxylation is 1. The smallest absolute Gasteiger partial charge is 0.283 e. The largest absolute Gasteiger partial charge is 0.342 e. The molecule has 5 rings (SSSR count). The molecule has 0 fully saturated rings. The summed E-state index contributed by atoms with van der Waals surface area (Å²) in [5.41, 5.74) is 6.27. The minimum Gasteiger partial charge on any atom is -0.342 e. The summed E-state index contributed by atoms with van der Waals surface area (Å²) in [6.07, 6.45) is 3.78. The number of amides is 1. The molecule has 0 saturated heterocycles. The van der Waals surface area contributed by atoms with E-state index in [-0.39, 0.29) is 11.4 Å². The number of hydrazone groups is 1. The monoisotopic (exact) mass is 399 g/mol. The van der Waals surface area contributed by atoms with E-state index in [1.807, 2.05) is 36.5 Å². The van der Waals surface area contributed by atoms with Crippen LogP contribution in [0.1, 0.15) is 16.7 Å². The van der Waals surface area contributed by atoms with E-state index in [1.165, 1.54) is 27.9 Å². The van der Waals surface area contributed by atoms with Crippen molar-refractivity contribution in [2.24, 2.45) is 10.1 Å². The van der Waals surface area contributed by atoms with Crippen LogP contribution >= 0.6 is 11.8 Å². The summed E-state index contributed by atoms with van der Waals surface area (Å²) in [5.74, 6) is -0.355. The van der Waals surface area contributed by atoms with E-state index in [4.69, 9.17) is 5.41 Å². The molecule has 3 aromatic rings. The van der Waals surface area contributed by atoms with E-state index in [0.717, 1.165) is 23.0 Å². The van der Waals surface area contributed by atoms with Crippen LogP contribution in [0.5, 0.6) is 0 Å². The van der Waals surface area contributed by atoms with Gasteiger partial charge in [-0.05, 0) is 42.0 Å². The second-order valence-corrected chi connectivity index (χ2v) is 7.72. The highest BCUT2D eigenvalue weighted by Crippen LogP contribution is 2.28. The van der Waals surface area contributed by atoms with E-state index in [9.17, 15) is 4.79 Å². The zero-order chi connectivity index (χ0) is 20.0. The Morgan fingerprint density at radius 3 is 2.79 bits per heavy atom. The molecule has 1 aromatic heterocycles. The molecule has 7 heteroatoms. The van der Waals surface area contributed by atoms with Crippen molar-refractivity contribution in [3.8, 4) is 0 Å². The molecule has 0 bridgehead atoms. The first-order chi connectivity index (χ1) is 14.1. The van der Waals surface area contributed by atoms with E-state index < -0.39 is 5.91 Å². The Hall–Kier alpha value is -3.45. The van der Waals surface area contributed by atoms with Crippen LogP contribution in [-0.4, -0.2) is 32.0 Å². The van der Waals surface area contributed by atoms with Gasteiger partial charge >= 0.3 is 0 Å². The van der Waals surface area contributed by atoms with E-state index in [0.29, 0.717) is 5.17 Å². The number of aliphatic imine (C=N–C) groups is 1. The molecule has 0 saturated carbocycles. The molecule has 0 spiro atoms. The van der Waals surface area contributed by atoms with Crippen molar-refractivity contribution in [2.75, 3.05) is 0 Å². The van der Waals surface area contributed by atoms with Crippen LogP contribution in [0.25, 0.3) is 17.0 Å². The second-order valence-electron chi connectivity index (χ2n) is 6.91. The number of hydrogen-bond donors (Lipinski definition) is 1. The molecule has 2 aromatic carbocycles. The highest BCUT2D eigenvalue weighted by molar-refractivity contribution is 8.25. The number of fused-ring (bicyclic) bond motifs is 2. The van der Waals surface area contributed by atoms with Gasteiger partial charge in [0.25, 0.3) is 5.91 Å². The predicted molar refractivity (Wildman–Crippen MR) is 118 cm³/mol. The van der Waals surface area contributed by atoms with Crippen molar-refractivity contribution in [2.45, 2.75) is 13.5 Å². The summed E-state index contributed by atoms with van der Waals surface area (Å²) < 4.78 is 2.18. The molecule has 0 radical (unpaired) electrons. The maximum atomic E-state index is 12.5. The van der Waals surface area contributed by atoms with Gasteiger partial charge in [-0.1, -0.05) is 42.5 Å². The molecule has 1 amide bonds. The van der Waals surface area contributed by atoms with Gasteiger partial charge in [-0.3, -0.25) is 10.2 Å². The summed E-state index contributed by atoms with van der Waals surface area (Å²) >= 11 is 1.24. The van der Waals surface area contributed by atoms with Gasteiger partial charge < -0.3 is 4.57 Å². The first-order valence-corrected chi connectivity index (χ1v) is 10.0. The van der Waals surface area contributed by atoms with Crippen molar-refractivity contribution >= 4 is 51.2 Å². The number of thioether (sulfide) groups is 1. The van der Waals surface area contributed by atoms with Crippen molar-refractivity contribution in [3.63, 3.8) is 0 Å². The van der Waals surface area contributed by atoms with Crippen molar-refractivity contribution in [1.82, 2.24) is 9.58 Å². The van der Waals surface area contributed by atoms with Gasteiger partial charge in [-0.25, -0.2) is 0 Å². The second kappa shape index (κ2) is 6.86. The zero-order valence-corrected chi connectivity index (χ0v) is 16.5. The molecule has 0 unspecified atom stereocenters. The number of rotatable bonds is 3. The summed E-state index contributed by atoms with van der Waals surface area (Å²) in [7, 11) is 0. The lowest BCUT2D eigenvalue weighted by molar-refractivity contribution is -0.114. The van der Waals surface area contributed by atoms with Gasteiger partial charge in [-0.2, -0.15) is 15.1 Å². The third-order valence-electron chi connectivity index (χ3n) is 5.12. The quantitative estimate of drug-likeness (QED) is 0.669. The van der Waals surface area contributed by atoms with Crippen LogP contribution in [-0.2, 0) is 11.3 Å². The van der Waals surface area contributed by atoms with Gasteiger partial charge in [0.15, 0.2) is 11.0 Å². The highest BCUT2D eigenvalue weighted by atomic mass is 32.2. The number of hydrogen-bond acceptors (Lipinski definition) is 4. The van der Waals surface area contributed by atoms with Crippen LogP contribution in [0.2, 0.25) is 0 Å². The lowest BCUT2D eigenvalue weighted by Gasteiger charge is -2.20. The van der Waals surface area contributed by atoms with Gasteiger partial charge in [0.2, 0.25) is 0 Å². The molecule has 142 valence electrons. The molecule has 1 N–H and O–H groups in total. The van der Waals surface area contributed by atoms with Gasteiger partial charge in [0, 0.05) is 29.2 Å². The van der Waals surface area contributed by atoms with Crippen LogP contribution < -0.4 is 0 Å². The molecular weight excluding hydrogens is 382 g/mol. The maximum Gasteiger partial charge on any atom is 0.283 e. The third kappa shape index (κ3) is 3.00. The summed E-state index contributed by atoms with van der Waals surface area (Å²) in [6.45, 7) is 2.84. The van der Waals surface area contributed by atoms with Gasteiger partial charge in [0.1, 0.15) is 0 Å².